The molecule has 4 rings (SSSR count). The van der Waals surface area contributed by atoms with Gasteiger partial charge in [0.2, 0.25) is 0 Å². The van der Waals surface area contributed by atoms with E-state index < -0.39 is 0 Å². The summed E-state index contributed by atoms with van der Waals surface area (Å²) in [6.07, 6.45) is 13.5. The van der Waals surface area contributed by atoms with Crippen LogP contribution in [-0.2, 0) is 4.79 Å². The van der Waals surface area contributed by atoms with Crippen molar-refractivity contribution >= 4 is 23.1 Å². The van der Waals surface area contributed by atoms with Crippen molar-refractivity contribution in [3.63, 3.8) is 0 Å². The highest BCUT2D eigenvalue weighted by atomic mass is 35.5. The van der Waals surface area contributed by atoms with Crippen LogP contribution in [0.25, 0.3) is 5.57 Å². The van der Waals surface area contributed by atoms with Crippen molar-refractivity contribution in [3.05, 3.63) is 88.9 Å². The molecule has 1 amide bonds. The second-order valence-electron chi connectivity index (χ2n) is 6.39. The van der Waals surface area contributed by atoms with Crippen molar-refractivity contribution in [1.82, 2.24) is 15.1 Å². The Hall–Kier alpha value is -2.56. The van der Waals surface area contributed by atoms with Crippen LogP contribution in [-0.4, -0.2) is 41.9 Å². The lowest BCUT2D eigenvalue weighted by atomic mass is 10.0. The normalized spacial score (nSPS) is 25.3. The van der Waals surface area contributed by atoms with E-state index in [1.54, 1.807) is 11.0 Å². The Morgan fingerprint density at radius 1 is 1.04 bits per heavy atom. The summed E-state index contributed by atoms with van der Waals surface area (Å²) >= 11 is 6.10. The molecule has 3 aliphatic heterocycles. The third-order valence-corrected chi connectivity index (χ3v) is 4.90. The third kappa shape index (κ3) is 3.52. The fourth-order valence-electron chi connectivity index (χ4n) is 3.29. The molecule has 3 aliphatic rings. The molecule has 5 heteroatoms. The molecule has 1 N–H and O–H groups in total. The first-order chi connectivity index (χ1) is 12.7. The summed E-state index contributed by atoms with van der Waals surface area (Å²) in [5.41, 5.74) is 3.71. The topological polar surface area (TPSA) is 35.6 Å². The number of hydrogen-bond donors (Lipinski definition) is 1. The van der Waals surface area contributed by atoms with Gasteiger partial charge in [0.15, 0.2) is 0 Å². The highest BCUT2D eigenvalue weighted by Crippen LogP contribution is 2.26. The maximum atomic E-state index is 12.9. The molecule has 0 aromatic heterocycles. The van der Waals surface area contributed by atoms with E-state index in [0.717, 1.165) is 48.7 Å². The number of hydrogen-bond acceptors (Lipinski definition) is 3. The van der Waals surface area contributed by atoms with Crippen LogP contribution >= 0.6 is 11.6 Å². The summed E-state index contributed by atoms with van der Waals surface area (Å²) < 4.78 is 0. The van der Waals surface area contributed by atoms with Gasteiger partial charge in [-0.1, -0.05) is 35.9 Å². The van der Waals surface area contributed by atoms with Gasteiger partial charge in [0.1, 0.15) is 0 Å². The highest BCUT2D eigenvalue weighted by molar-refractivity contribution is 6.30. The van der Waals surface area contributed by atoms with Crippen LogP contribution in [0.5, 0.6) is 0 Å². The molecule has 0 unspecified atom stereocenters. The predicted octanol–water partition coefficient (Wildman–Crippen LogP) is 3.32. The highest BCUT2D eigenvalue weighted by Gasteiger charge is 2.21. The lowest BCUT2D eigenvalue weighted by molar-refractivity contribution is -0.122. The van der Waals surface area contributed by atoms with E-state index in [1.807, 2.05) is 54.8 Å². The Balaban J connectivity index is 1.66. The quantitative estimate of drug-likeness (QED) is 0.873. The largest absolute Gasteiger partial charge is 0.368 e. The number of carbonyl (C=O) groups excluding carboxylic acids is 1. The summed E-state index contributed by atoms with van der Waals surface area (Å²) in [6.45, 7) is 3.81. The lowest BCUT2D eigenvalue weighted by Gasteiger charge is -2.33. The maximum absolute atomic E-state index is 12.9. The van der Waals surface area contributed by atoms with E-state index in [4.69, 9.17) is 11.6 Å². The van der Waals surface area contributed by atoms with Gasteiger partial charge >= 0.3 is 0 Å². The van der Waals surface area contributed by atoms with Crippen LogP contribution < -0.4 is 5.32 Å². The van der Waals surface area contributed by atoms with Gasteiger partial charge in [-0.25, -0.2) is 0 Å². The third-order valence-electron chi connectivity index (χ3n) is 4.66. The van der Waals surface area contributed by atoms with Crippen molar-refractivity contribution in [2.75, 3.05) is 26.2 Å². The SMILES string of the molecule is O=C1\C=C(c2cccc(Cl)c2)/C=C/C=C2\C=CC(N3CCNCC3)=CN12. The Labute approximate surface area is 158 Å². The van der Waals surface area contributed by atoms with Gasteiger partial charge in [0.05, 0.1) is 5.70 Å². The molecule has 3 heterocycles. The van der Waals surface area contributed by atoms with Crippen molar-refractivity contribution in [1.29, 1.82) is 0 Å². The summed E-state index contributed by atoms with van der Waals surface area (Å²) in [5, 5.41) is 4.01. The minimum absolute atomic E-state index is 0.0624. The number of benzene rings is 1. The van der Waals surface area contributed by atoms with Gasteiger partial charge in [-0.05, 0) is 41.5 Å². The van der Waals surface area contributed by atoms with E-state index in [-0.39, 0.29) is 5.91 Å². The Morgan fingerprint density at radius 2 is 1.85 bits per heavy atom. The van der Waals surface area contributed by atoms with Crippen molar-refractivity contribution in [2.24, 2.45) is 0 Å². The fraction of sp³-hybridized carbons (Fsp3) is 0.190. The molecule has 1 saturated heterocycles. The monoisotopic (exact) mass is 365 g/mol. The zero-order chi connectivity index (χ0) is 17.9. The van der Waals surface area contributed by atoms with Gasteiger partial charge in [-0.2, -0.15) is 0 Å². The second-order valence-corrected chi connectivity index (χ2v) is 6.83. The van der Waals surface area contributed by atoms with Gasteiger partial charge in [-0.15, -0.1) is 0 Å². The fourth-order valence-corrected chi connectivity index (χ4v) is 3.48. The summed E-state index contributed by atoms with van der Waals surface area (Å²) in [4.78, 5) is 16.9. The molecule has 26 heavy (non-hydrogen) atoms. The zero-order valence-electron chi connectivity index (χ0n) is 14.4. The molecular formula is C21H20ClN3O. The molecule has 0 radical (unpaired) electrons. The first-order valence-electron chi connectivity index (χ1n) is 8.75. The van der Waals surface area contributed by atoms with Gasteiger partial charge in [0.25, 0.3) is 5.91 Å². The van der Waals surface area contributed by atoms with Crippen molar-refractivity contribution in [2.45, 2.75) is 0 Å². The van der Waals surface area contributed by atoms with E-state index in [9.17, 15) is 4.79 Å². The molecule has 1 aromatic carbocycles. The average molecular weight is 366 g/mol. The van der Waals surface area contributed by atoms with Crippen LogP contribution in [0.15, 0.2) is 78.3 Å². The van der Waals surface area contributed by atoms with E-state index in [1.165, 1.54) is 0 Å². The molecule has 0 atom stereocenters. The Bertz CT molecular complexity index is 873. The number of allylic oxidation sites excluding steroid dienone is 6. The zero-order valence-corrected chi connectivity index (χ0v) is 15.1. The standard InChI is InChI=1S/C21H20ClN3O/c22-18-5-1-3-16(13-18)17-4-2-6-19-7-8-20(15-25(19)21(26)14-17)24-11-9-23-10-12-24/h1-8,13-15,23H,9-12H2/b4-2+,17-14+,19-6+. The molecule has 1 fully saturated rings. The summed E-state index contributed by atoms with van der Waals surface area (Å²) in [7, 11) is 0. The minimum Gasteiger partial charge on any atom is -0.368 e. The van der Waals surface area contributed by atoms with Crippen LogP contribution in [0.2, 0.25) is 5.02 Å². The van der Waals surface area contributed by atoms with Crippen LogP contribution in [0.3, 0.4) is 0 Å². The molecule has 0 spiro atoms. The van der Waals surface area contributed by atoms with E-state index >= 15 is 0 Å². The molecule has 132 valence electrons. The number of nitrogens with zero attached hydrogens (tertiary/aromatic N) is 2. The average Bonchev–Trinajstić information content (AvgIpc) is 2.66. The minimum atomic E-state index is -0.0624. The number of amides is 1. The number of fused-ring (bicyclic) bond motifs is 1. The summed E-state index contributed by atoms with van der Waals surface area (Å²) in [5.74, 6) is -0.0624. The van der Waals surface area contributed by atoms with E-state index in [2.05, 4.69) is 16.3 Å². The first-order valence-corrected chi connectivity index (χ1v) is 9.13. The number of rotatable bonds is 2. The second kappa shape index (κ2) is 7.36. The summed E-state index contributed by atoms with van der Waals surface area (Å²) in [6, 6.07) is 7.55. The maximum Gasteiger partial charge on any atom is 0.255 e. The number of piperazine rings is 1. The molecule has 4 nitrogen and oxygen atoms in total. The lowest BCUT2D eigenvalue weighted by Crippen LogP contribution is -2.43. The number of carbonyl (C=O) groups is 1. The predicted molar refractivity (Wildman–Crippen MR) is 105 cm³/mol. The Kier molecular flexibility index (Phi) is 4.78. The molecule has 1 aromatic rings. The molecule has 0 saturated carbocycles. The number of halogens is 1. The van der Waals surface area contributed by atoms with Gasteiger partial charge in [-0.3, -0.25) is 9.69 Å². The van der Waals surface area contributed by atoms with E-state index in [0.29, 0.717) is 5.02 Å². The molecular weight excluding hydrogens is 346 g/mol. The molecule has 0 aliphatic carbocycles. The van der Waals surface area contributed by atoms with Crippen molar-refractivity contribution < 1.29 is 4.79 Å². The van der Waals surface area contributed by atoms with Gasteiger partial charge in [0, 0.05) is 49.2 Å². The van der Waals surface area contributed by atoms with Crippen LogP contribution in [0, 0.1) is 0 Å². The van der Waals surface area contributed by atoms with Gasteiger partial charge < -0.3 is 10.2 Å². The van der Waals surface area contributed by atoms with Crippen LogP contribution in [0.1, 0.15) is 5.56 Å². The van der Waals surface area contributed by atoms with Crippen molar-refractivity contribution in [3.8, 4) is 0 Å². The Morgan fingerprint density at radius 3 is 2.65 bits per heavy atom. The smallest absolute Gasteiger partial charge is 0.255 e. The molecule has 0 bridgehead atoms. The van der Waals surface area contributed by atoms with Crippen LogP contribution in [0.4, 0.5) is 0 Å². The first kappa shape index (κ1) is 16.9. The number of nitrogens with one attached hydrogen (secondary N) is 1.